The normalized spacial score (nSPS) is 10.9. The van der Waals surface area contributed by atoms with E-state index in [0.29, 0.717) is 11.3 Å². The zero-order valence-electron chi connectivity index (χ0n) is 10.7. The number of furan rings is 1. The monoisotopic (exact) mass is 277 g/mol. The molecule has 0 radical (unpaired) electrons. The van der Waals surface area contributed by atoms with Gasteiger partial charge in [0.1, 0.15) is 10.6 Å². The van der Waals surface area contributed by atoms with Crippen molar-refractivity contribution in [2.45, 2.75) is 6.92 Å². The number of hydrogen-bond donors (Lipinski definition) is 1. The molecule has 0 aliphatic carbocycles. The van der Waals surface area contributed by atoms with E-state index in [1.54, 1.807) is 13.2 Å². The van der Waals surface area contributed by atoms with Gasteiger partial charge in [0.2, 0.25) is 5.91 Å². The third-order valence-electron chi connectivity index (χ3n) is 2.29. The molecular formula is C11H11N5O4. The molecule has 0 bridgehead atoms. The van der Waals surface area contributed by atoms with Gasteiger partial charge < -0.3 is 4.42 Å². The van der Waals surface area contributed by atoms with E-state index in [0.717, 1.165) is 0 Å². The van der Waals surface area contributed by atoms with Crippen molar-refractivity contribution in [2.24, 2.45) is 12.1 Å². The van der Waals surface area contributed by atoms with Crippen molar-refractivity contribution in [1.82, 2.24) is 15.2 Å². The van der Waals surface area contributed by atoms with Crippen LogP contribution < -0.4 is 5.43 Å². The maximum Gasteiger partial charge on any atom is 0.433 e. The Morgan fingerprint density at radius 2 is 2.35 bits per heavy atom. The van der Waals surface area contributed by atoms with Gasteiger partial charge in [0, 0.05) is 25.7 Å². The van der Waals surface area contributed by atoms with Crippen LogP contribution in [-0.2, 0) is 11.8 Å². The number of aryl methyl sites for hydroxylation is 1. The molecule has 9 nitrogen and oxygen atoms in total. The lowest BCUT2D eigenvalue weighted by atomic mass is 10.2. The van der Waals surface area contributed by atoms with Crippen LogP contribution in [0.3, 0.4) is 0 Å². The molecule has 2 heterocycles. The third kappa shape index (κ3) is 2.88. The molecular weight excluding hydrogens is 266 g/mol. The Labute approximate surface area is 113 Å². The number of nitrogens with zero attached hydrogens (tertiary/aromatic N) is 4. The molecule has 0 saturated heterocycles. The van der Waals surface area contributed by atoms with E-state index in [9.17, 15) is 14.9 Å². The average molecular weight is 277 g/mol. The smallest absolute Gasteiger partial charge is 0.399 e. The van der Waals surface area contributed by atoms with E-state index in [-0.39, 0.29) is 17.6 Å². The first-order chi connectivity index (χ1) is 9.47. The van der Waals surface area contributed by atoms with Crippen molar-refractivity contribution in [3.05, 3.63) is 34.0 Å². The highest BCUT2D eigenvalue weighted by atomic mass is 16.6. The molecule has 2 rings (SSSR count). The molecule has 0 aromatic carbocycles. The van der Waals surface area contributed by atoms with E-state index in [4.69, 9.17) is 4.42 Å². The van der Waals surface area contributed by atoms with Crippen LogP contribution in [0.2, 0.25) is 0 Å². The van der Waals surface area contributed by atoms with Gasteiger partial charge in [-0.25, -0.2) is 5.43 Å². The predicted octanol–water partition coefficient (Wildman–Crippen LogP) is 1.06. The molecule has 2 aromatic rings. The Kier molecular flexibility index (Phi) is 3.60. The van der Waals surface area contributed by atoms with Crippen molar-refractivity contribution in [1.29, 1.82) is 0 Å². The Bertz CT molecular complexity index is 685. The van der Waals surface area contributed by atoms with Crippen molar-refractivity contribution >= 4 is 18.0 Å². The van der Waals surface area contributed by atoms with Gasteiger partial charge in [-0.1, -0.05) is 0 Å². The maximum absolute atomic E-state index is 10.7. The second-order valence-electron chi connectivity index (χ2n) is 3.93. The minimum absolute atomic E-state index is 0.251. The lowest BCUT2D eigenvalue weighted by Gasteiger charge is -1.93. The fourth-order valence-corrected chi connectivity index (χ4v) is 1.54. The summed E-state index contributed by atoms with van der Waals surface area (Å²) in [6.45, 7) is 1.33. The third-order valence-corrected chi connectivity index (χ3v) is 2.29. The zero-order valence-corrected chi connectivity index (χ0v) is 10.7. The topological polar surface area (TPSA) is 116 Å². The zero-order chi connectivity index (χ0) is 14.7. The number of nitro groups is 1. The number of rotatable bonds is 4. The molecule has 9 heteroatoms. The highest BCUT2D eigenvalue weighted by molar-refractivity contribution is 5.88. The van der Waals surface area contributed by atoms with E-state index < -0.39 is 4.92 Å². The highest BCUT2D eigenvalue weighted by Gasteiger charge is 2.17. The molecule has 0 atom stereocenters. The first kappa shape index (κ1) is 13.5. The summed E-state index contributed by atoms with van der Waals surface area (Å²) in [7, 11) is 1.69. The minimum Gasteiger partial charge on any atom is -0.399 e. The number of hydrazone groups is 1. The quantitative estimate of drug-likeness (QED) is 0.509. The average Bonchev–Trinajstić information content (AvgIpc) is 2.95. The summed E-state index contributed by atoms with van der Waals surface area (Å²) in [5.74, 6) is -0.419. The lowest BCUT2D eigenvalue weighted by Crippen LogP contribution is -2.12. The number of hydrogen-bond acceptors (Lipinski definition) is 6. The molecule has 0 spiro atoms. The summed E-state index contributed by atoms with van der Waals surface area (Å²) in [6.07, 6.45) is 3.03. The van der Waals surface area contributed by atoms with Crippen molar-refractivity contribution in [3.8, 4) is 11.5 Å². The summed E-state index contributed by atoms with van der Waals surface area (Å²) < 4.78 is 6.60. The largest absolute Gasteiger partial charge is 0.433 e. The number of nitrogens with one attached hydrogen (secondary N) is 1. The van der Waals surface area contributed by atoms with Gasteiger partial charge in [0.05, 0.1) is 12.3 Å². The number of aromatic nitrogens is 2. The summed E-state index contributed by atoms with van der Waals surface area (Å²) in [5.41, 5.74) is 3.22. The van der Waals surface area contributed by atoms with Gasteiger partial charge in [-0.2, -0.15) is 10.2 Å². The summed E-state index contributed by atoms with van der Waals surface area (Å²) in [5, 5.41) is 18.5. The molecule has 20 heavy (non-hydrogen) atoms. The van der Waals surface area contributed by atoms with Crippen LogP contribution in [0.4, 0.5) is 5.88 Å². The molecule has 104 valence electrons. The molecule has 0 fully saturated rings. The Hall–Kier alpha value is -2.97. The second kappa shape index (κ2) is 5.34. The van der Waals surface area contributed by atoms with Gasteiger partial charge in [0.15, 0.2) is 5.76 Å². The summed E-state index contributed by atoms with van der Waals surface area (Å²) >= 11 is 0. The standard InChI is InChI=1S/C11H11N5O4/c1-7(17)13-12-5-8-6-15(2)14-11(8)9-3-4-10(20-9)16(18)19/h3-6H,1-2H3,(H,13,17)/b12-5+. The predicted molar refractivity (Wildman–Crippen MR) is 69.0 cm³/mol. The molecule has 2 aromatic heterocycles. The fourth-order valence-electron chi connectivity index (χ4n) is 1.54. The van der Waals surface area contributed by atoms with E-state index in [1.807, 2.05) is 0 Å². The van der Waals surface area contributed by atoms with Gasteiger partial charge in [0.25, 0.3) is 0 Å². The summed E-state index contributed by atoms with van der Waals surface area (Å²) in [6, 6.07) is 2.70. The first-order valence-electron chi connectivity index (χ1n) is 5.55. The van der Waals surface area contributed by atoms with Crippen LogP contribution in [0.15, 0.2) is 27.8 Å². The van der Waals surface area contributed by atoms with Crippen molar-refractivity contribution < 1.29 is 14.1 Å². The molecule has 0 unspecified atom stereocenters. The van der Waals surface area contributed by atoms with Crippen LogP contribution >= 0.6 is 0 Å². The molecule has 1 amide bonds. The van der Waals surface area contributed by atoms with Crippen LogP contribution in [0, 0.1) is 10.1 Å². The lowest BCUT2D eigenvalue weighted by molar-refractivity contribution is -0.401. The van der Waals surface area contributed by atoms with Crippen LogP contribution in [-0.4, -0.2) is 26.8 Å². The van der Waals surface area contributed by atoms with Gasteiger partial charge in [-0.3, -0.25) is 19.6 Å². The molecule has 0 aliphatic rings. The van der Waals surface area contributed by atoms with Crippen molar-refractivity contribution in [3.63, 3.8) is 0 Å². The Balaban J connectivity index is 2.33. The van der Waals surface area contributed by atoms with E-state index in [1.165, 1.54) is 30.0 Å². The number of carbonyl (C=O) groups excluding carboxylic acids is 1. The number of amides is 1. The van der Waals surface area contributed by atoms with E-state index in [2.05, 4.69) is 15.6 Å². The van der Waals surface area contributed by atoms with Crippen LogP contribution in [0.5, 0.6) is 0 Å². The second-order valence-corrected chi connectivity index (χ2v) is 3.93. The fraction of sp³-hybridized carbons (Fsp3) is 0.182. The van der Waals surface area contributed by atoms with Crippen LogP contribution in [0.1, 0.15) is 12.5 Å². The van der Waals surface area contributed by atoms with Gasteiger partial charge in [-0.15, -0.1) is 0 Å². The van der Waals surface area contributed by atoms with Crippen molar-refractivity contribution in [2.75, 3.05) is 0 Å². The first-order valence-corrected chi connectivity index (χ1v) is 5.55. The van der Waals surface area contributed by atoms with Gasteiger partial charge in [-0.05, 0) is 6.07 Å². The Morgan fingerprint density at radius 3 is 2.95 bits per heavy atom. The SMILES string of the molecule is CC(=O)N/N=C/c1cn(C)nc1-c1ccc([N+](=O)[O-])o1. The molecule has 0 aliphatic heterocycles. The molecule has 1 N–H and O–H groups in total. The summed E-state index contributed by atoms with van der Waals surface area (Å²) in [4.78, 5) is 20.7. The number of carbonyl (C=O) groups is 1. The maximum atomic E-state index is 10.7. The van der Waals surface area contributed by atoms with Gasteiger partial charge >= 0.3 is 5.88 Å². The molecule has 0 saturated carbocycles. The minimum atomic E-state index is -0.627. The highest BCUT2D eigenvalue weighted by Crippen LogP contribution is 2.26. The van der Waals surface area contributed by atoms with E-state index >= 15 is 0 Å². The Morgan fingerprint density at radius 1 is 1.60 bits per heavy atom. The van der Waals surface area contributed by atoms with Crippen LogP contribution in [0.25, 0.3) is 11.5 Å².